The Hall–Kier alpha value is -3.00. The average Bonchev–Trinajstić information content (AvgIpc) is 2.66. The summed E-state index contributed by atoms with van der Waals surface area (Å²) in [5.41, 5.74) is -1.53. The van der Waals surface area contributed by atoms with Crippen molar-refractivity contribution >= 4 is 16.7 Å². The summed E-state index contributed by atoms with van der Waals surface area (Å²) in [7, 11) is 0. The fraction of sp³-hybridized carbons (Fsp3) is 0.211. The smallest absolute Gasteiger partial charge is 0.415 e. The van der Waals surface area contributed by atoms with Crippen LogP contribution in [0.15, 0.2) is 57.6 Å². The summed E-state index contributed by atoms with van der Waals surface area (Å²) in [6.07, 6.45) is 1.05. The second kappa shape index (κ2) is 6.96. The molecule has 8 heteroatoms. The van der Waals surface area contributed by atoms with E-state index < -0.39 is 29.8 Å². The fourth-order valence-corrected chi connectivity index (χ4v) is 3.05. The van der Waals surface area contributed by atoms with E-state index in [0.717, 1.165) is 12.3 Å². The molecule has 1 unspecified atom stereocenters. The van der Waals surface area contributed by atoms with E-state index in [2.05, 4.69) is 5.32 Å². The molecule has 3 rings (SSSR count). The molecule has 2 aromatic rings. The molecule has 1 aromatic heterocycles. The third kappa shape index (κ3) is 3.23. The van der Waals surface area contributed by atoms with Crippen molar-refractivity contribution in [2.24, 2.45) is 0 Å². The molecule has 0 spiro atoms. The minimum Gasteiger partial charge on any atom is -0.508 e. The Morgan fingerprint density at radius 1 is 1.37 bits per heavy atom. The van der Waals surface area contributed by atoms with Gasteiger partial charge in [-0.1, -0.05) is 12.1 Å². The first kappa shape index (κ1) is 18.8. The first-order valence-corrected chi connectivity index (χ1v) is 8.03. The Morgan fingerprint density at radius 3 is 2.74 bits per heavy atom. The number of aliphatic hydroxyl groups excluding tert-OH is 2. The second-order valence-corrected chi connectivity index (χ2v) is 5.90. The maximum absolute atomic E-state index is 13.3. The number of halogens is 3. The van der Waals surface area contributed by atoms with Crippen LogP contribution in [0, 0.1) is 0 Å². The first-order chi connectivity index (χ1) is 12.8. The molecule has 1 atom stereocenters. The molecule has 0 saturated carbocycles. The van der Waals surface area contributed by atoms with E-state index in [0.29, 0.717) is 0 Å². The van der Waals surface area contributed by atoms with Crippen molar-refractivity contribution in [1.29, 1.82) is 0 Å². The van der Waals surface area contributed by atoms with Gasteiger partial charge in [0.05, 0.1) is 29.2 Å². The maximum Gasteiger partial charge on any atom is 0.415 e. The lowest BCUT2D eigenvalue weighted by Gasteiger charge is -2.25. The van der Waals surface area contributed by atoms with Gasteiger partial charge in [-0.2, -0.15) is 13.2 Å². The van der Waals surface area contributed by atoms with Crippen molar-refractivity contribution < 1.29 is 27.8 Å². The molecule has 0 bridgehead atoms. The molecule has 1 aliphatic rings. The molecule has 0 aliphatic carbocycles. The SMILES string of the molecule is C/C=C(\O)c1c(CO)ccc2occ(C3NC=CC=C3C(F)(F)F)c(=O)c12. The molecular formula is C19H16F3NO4. The van der Waals surface area contributed by atoms with E-state index in [-0.39, 0.29) is 33.4 Å². The Labute approximate surface area is 151 Å². The van der Waals surface area contributed by atoms with Gasteiger partial charge in [0.2, 0.25) is 0 Å². The van der Waals surface area contributed by atoms with Crippen LogP contribution >= 0.6 is 0 Å². The van der Waals surface area contributed by atoms with Gasteiger partial charge in [0, 0.05) is 5.56 Å². The molecule has 3 N–H and O–H groups in total. The summed E-state index contributed by atoms with van der Waals surface area (Å²) in [5.74, 6) is -0.280. The van der Waals surface area contributed by atoms with E-state index in [9.17, 15) is 28.2 Å². The van der Waals surface area contributed by atoms with Gasteiger partial charge in [-0.25, -0.2) is 0 Å². The molecule has 1 aromatic carbocycles. The van der Waals surface area contributed by atoms with Crippen molar-refractivity contribution in [3.63, 3.8) is 0 Å². The number of alkyl halides is 3. The highest BCUT2D eigenvalue weighted by atomic mass is 19.4. The maximum atomic E-state index is 13.3. The lowest BCUT2D eigenvalue weighted by atomic mass is 9.94. The van der Waals surface area contributed by atoms with Crippen molar-refractivity contribution in [3.8, 4) is 0 Å². The largest absolute Gasteiger partial charge is 0.508 e. The van der Waals surface area contributed by atoms with E-state index in [1.807, 2.05) is 0 Å². The van der Waals surface area contributed by atoms with Gasteiger partial charge in [0.15, 0.2) is 5.43 Å². The first-order valence-electron chi connectivity index (χ1n) is 8.03. The third-order valence-electron chi connectivity index (χ3n) is 4.34. The molecule has 0 radical (unpaired) electrons. The third-order valence-corrected chi connectivity index (χ3v) is 4.34. The highest BCUT2D eigenvalue weighted by Gasteiger charge is 2.41. The van der Waals surface area contributed by atoms with Crippen LogP contribution in [0.5, 0.6) is 0 Å². The van der Waals surface area contributed by atoms with Gasteiger partial charge in [0.1, 0.15) is 17.6 Å². The van der Waals surface area contributed by atoms with E-state index in [1.54, 1.807) is 0 Å². The van der Waals surface area contributed by atoms with Gasteiger partial charge < -0.3 is 19.9 Å². The van der Waals surface area contributed by atoms with E-state index in [4.69, 9.17) is 4.42 Å². The standard InChI is InChI=1S/C19H16F3NO4/c1-2-13(25)15-10(8-24)5-6-14-16(15)18(26)11(9-27-14)17-12(19(20,21)22)4-3-7-23-17/h2-7,9,17,23-25H,8H2,1H3/b13-2-. The van der Waals surface area contributed by atoms with Crippen molar-refractivity contribution in [3.05, 3.63) is 75.3 Å². The number of allylic oxidation sites excluding steroid dienone is 3. The number of aliphatic hydroxyl groups is 2. The summed E-state index contributed by atoms with van der Waals surface area (Å²) >= 11 is 0. The lowest BCUT2D eigenvalue weighted by Crippen LogP contribution is -2.32. The van der Waals surface area contributed by atoms with E-state index >= 15 is 0 Å². The molecule has 2 heterocycles. The number of hydrogen-bond acceptors (Lipinski definition) is 5. The highest BCUT2D eigenvalue weighted by Crippen LogP contribution is 2.37. The van der Waals surface area contributed by atoms with Crippen LogP contribution in [0.2, 0.25) is 0 Å². The van der Waals surface area contributed by atoms with Crippen LogP contribution in [0.3, 0.4) is 0 Å². The zero-order valence-corrected chi connectivity index (χ0v) is 14.2. The number of benzene rings is 1. The zero-order valence-electron chi connectivity index (χ0n) is 14.2. The second-order valence-electron chi connectivity index (χ2n) is 5.90. The molecule has 5 nitrogen and oxygen atoms in total. The highest BCUT2D eigenvalue weighted by molar-refractivity contribution is 5.90. The topological polar surface area (TPSA) is 82.7 Å². The Bertz CT molecular complexity index is 1030. The quantitative estimate of drug-likeness (QED) is 0.706. The predicted molar refractivity (Wildman–Crippen MR) is 93.8 cm³/mol. The fourth-order valence-electron chi connectivity index (χ4n) is 3.05. The van der Waals surface area contributed by atoms with Crippen LogP contribution in [0.1, 0.15) is 29.7 Å². The molecule has 1 aliphatic heterocycles. The lowest BCUT2D eigenvalue weighted by molar-refractivity contribution is -0.0968. The zero-order chi connectivity index (χ0) is 19.8. The Balaban J connectivity index is 2.31. The minimum absolute atomic E-state index is 0.0389. The number of hydrogen-bond donors (Lipinski definition) is 3. The Kier molecular flexibility index (Phi) is 4.84. The molecule has 0 fully saturated rings. The summed E-state index contributed by atoms with van der Waals surface area (Å²) < 4.78 is 45.4. The van der Waals surface area contributed by atoms with Gasteiger partial charge in [-0.3, -0.25) is 4.79 Å². The summed E-state index contributed by atoms with van der Waals surface area (Å²) in [4.78, 5) is 13.1. The normalized spacial score (nSPS) is 17.7. The average molecular weight is 379 g/mol. The van der Waals surface area contributed by atoms with Crippen molar-refractivity contribution in [2.75, 3.05) is 0 Å². The minimum atomic E-state index is -4.65. The summed E-state index contributed by atoms with van der Waals surface area (Å²) in [6, 6.07) is 1.45. The number of nitrogens with one attached hydrogen (secondary N) is 1. The van der Waals surface area contributed by atoms with E-state index in [1.165, 1.54) is 37.4 Å². The van der Waals surface area contributed by atoms with Gasteiger partial charge >= 0.3 is 6.18 Å². The number of fused-ring (bicyclic) bond motifs is 1. The van der Waals surface area contributed by atoms with Crippen molar-refractivity contribution in [1.82, 2.24) is 5.32 Å². The molecule has 142 valence electrons. The summed E-state index contributed by atoms with van der Waals surface area (Å²) in [5, 5.41) is 22.2. The van der Waals surface area contributed by atoms with Crippen LogP contribution in [-0.4, -0.2) is 16.4 Å². The van der Waals surface area contributed by atoms with Crippen LogP contribution < -0.4 is 10.7 Å². The predicted octanol–water partition coefficient (Wildman–Crippen LogP) is 3.85. The molecule has 27 heavy (non-hydrogen) atoms. The number of rotatable bonds is 3. The molecule has 0 saturated heterocycles. The monoisotopic (exact) mass is 379 g/mol. The summed E-state index contributed by atoms with van der Waals surface area (Å²) in [6.45, 7) is 1.06. The van der Waals surface area contributed by atoms with Gasteiger partial charge in [-0.05, 0) is 36.9 Å². The Morgan fingerprint density at radius 2 is 2.11 bits per heavy atom. The molecular weight excluding hydrogens is 363 g/mol. The van der Waals surface area contributed by atoms with Gasteiger partial charge in [0.25, 0.3) is 0 Å². The van der Waals surface area contributed by atoms with Crippen molar-refractivity contribution in [2.45, 2.75) is 25.7 Å². The van der Waals surface area contributed by atoms with Gasteiger partial charge in [-0.15, -0.1) is 0 Å². The van der Waals surface area contributed by atoms with Crippen LogP contribution in [-0.2, 0) is 6.61 Å². The molecule has 0 amide bonds. The number of dihydropyridines is 1. The van der Waals surface area contributed by atoms with Crippen LogP contribution in [0.4, 0.5) is 13.2 Å². The van der Waals surface area contributed by atoms with Crippen LogP contribution in [0.25, 0.3) is 16.7 Å².